The number of nitrogens with two attached hydrogens (primary N) is 1. The van der Waals surface area contributed by atoms with Gasteiger partial charge in [-0.15, -0.1) is 12.4 Å². The summed E-state index contributed by atoms with van der Waals surface area (Å²) in [7, 11) is 1.79. The van der Waals surface area contributed by atoms with Crippen LogP contribution in [-0.2, 0) is 0 Å². The highest BCUT2D eigenvalue weighted by Crippen LogP contribution is 2.12. The second kappa shape index (κ2) is 6.54. The molecular formula is C13H18ClN3O2. The van der Waals surface area contributed by atoms with E-state index in [4.69, 9.17) is 5.73 Å². The van der Waals surface area contributed by atoms with E-state index in [0.717, 1.165) is 19.5 Å². The number of halogens is 1. The van der Waals surface area contributed by atoms with Gasteiger partial charge in [-0.1, -0.05) is 6.07 Å². The molecule has 2 amide bonds. The first-order valence-electron chi connectivity index (χ1n) is 5.97. The molecule has 1 atom stereocenters. The molecule has 0 spiro atoms. The first-order valence-corrected chi connectivity index (χ1v) is 5.97. The molecular weight excluding hydrogens is 266 g/mol. The van der Waals surface area contributed by atoms with Gasteiger partial charge in [-0.05, 0) is 31.2 Å². The number of hydrogen-bond donors (Lipinski definition) is 2. The van der Waals surface area contributed by atoms with Crippen LogP contribution in [0, 0.1) is 0 Å². The fourth-order valence-electron chi connectivity index (χ4n) is 2.14. The third-order valence-corrected chi connectivity index (χ3v) is 3.30. The van der Waals surface area contributed by atoms with E-state index < -0.39 is 5.91 Å². The summed E-state index contributed by atoms with van der Waals surface area (Å²) in [5.74, 6) is -0.596. The third kappa shape index (κ3) is 3.45. The lowest BCUT2D eigenvalue weighted by Gasteiger charge is -2.23. The number of likely N-dealkylation sites (N-methyl/N-ethyl adjacent to an activating group) is 1. The Bertz CT molecular complexity index is 473. The third-order valence-electron chi connectivity index (χ3n) is 3.30. The highest BCUT2D eigenvalue weighted by Gasteiger charge is 2.24. The molecule has 2 rings (SSSR count). The van der Waals surface area contributed by atoms with Gasteiger partial charge in [0.1, 0.15) is 0 Å². The summed E-state index contributed by atoms with van der Waals surface area (Å²) in [6.07, 6.45) is 0.956. The van der Waals surface area contributed by atoms with Crippen molar-refractivity contribution in [1.29, 1.82) is 0 Å². The average Bonchev–Trinajstić information content (AvgIpc) is 2.91. The lowest BCUT2D eigenvalue weighted by Crippen LogP contribution is -2.38. The fourth-order valence-corrected chi connectivity index (χ4v) is 2.14. The lowest BCUT2D eigenvalue weighted by atomic mass is 10.1. The second-order valence-corrected chi connectivity index (χ2v) is 4.51. The van der Waals surface area contributed by atoms with Crippen LogP contribution in [0.25, 0.3) is 0 Å². The zero-order valence-corrected chi connectivity index (χ0v) is 11.6. The Hall–Kier alpha value is -1.59. The quantitative estimate of drug-likeness (QED) is 0.855. The molecule has 19 heavy (non-hydrogen) atoms. The van der Waals surface area contributed by atoms with Crippen molar-refractivity contribution in [3.8, 4) is 0 Å². The minimum Gasteiger partial charge on any atom is -0.366 e. The van der Waals surface area contributed by atoms with E-state index in [-0.39, 0.29) is 24.4 Å². The van der Waals surface area contributed by atoms with Crippen molar-refractivity contribution in [2.24, 2.45) is 5.73 Å². The van der Waals surface area contributed by atoms with Gasteiger partial charge in [0, 0.05) is 30.8 Å². The van der Waals surface area contributed by atoms with Gasteiger partial charge in [0.25, 0.3) is 5.91 Å². The molecule has 104 valence electrons. The van der Waals surface area contributed by atoms with Gasteiger partial charge in [-0.2, -0.15) is 0 Å². The van der Waals surface area contributed by atoms with Crippen LogP contribution in [0.2, 0.25) is 0 Å². The largest absolute Gasteiger partial charge is 0.366 e. The molecule has 1 aliphatic rings. The minimum atomic E-state index is -0.519. The van der Waals surface area contributed by atoms with Crippen LogP contribution in [0.5, 0.6) is 0 Å². The number of nitrogens with one attached hydrogen (secondary N) is 1. The predicted molar refractivity (Wildman–Crippen MR) is 75.6 cm³/mol. The Morgan fingerprint density at radius 1 is 1.37 bits per heavy atom. The number of carbonyl (C=O) groups excluding carboxylic acids is 2. The molecule has 1 fully saturated rings. The number of amides is 2. The van der Waals surface area contributed by atoms with Crippen molar-refractivity contribution in [2.75, 3.05) is 20.1 Å². The van der Waals surface area contributed by atoms with Gasteiger partial charge in [0.05, 0.1) is 0 Å². The number of nitrogens with zero attached hydrogens (tertiary/aromatic N) is 1. The first kappa shape index (κ1) is 15.5. The van der Waals surface area contributed by atoms with Crippen molar-refractivity contribution in [3.05, 3.63) is 35.4 Å². The van der Waals surface area contributed by atoms with Gasteiger partial charge in [-0.3, -0.25) is 9.59 Å². The Morgan fingerprint density at radius 2 is 2.05 bits per heavy atom. The highest BCUT2D eigenvalue weighted by atomic mass is 35.5. The molecule has 1 unspecified atom stereocenters. The molecule has 3 N–H and O–H groups in total. The molecule has 1 heterocycles. The monoisotopic (exact) mass is 283 g/mol. The van der Waals surface area contributed by atoms with E-state index >= 15 is 0 Å². The first-order chi connectivity index (χ1) is 8.59. The Morgan fingerprint density at radius 3 is 2.63 bits per heavy atom. The topological polar surface area (TPSA) is 75.4 Å². The average molecular weight is 284 g/mol. The summed E-state index contributed by atoms with van der Waals surface area (Å²) in [6.45, 7) is 1.75. The number of hydrogen-bond acceptors (Lipinski definition) is 3. The number of primary amides is 1. The zero-order chi connectivity index (χ0) is 13.1. The lowest BCUT2D eigenvalue weighted by molar-refractivity contribution is 0.0744. The molecule has 0 aromatic heterocycles. The normalized spacial score (nSPS) is 17.6. The van der Waals surface area contributed by atoms with Gasteiger partial charge < -0.3 is 16.0 Å². The van der Waals surface area contributed by atoms with Gasteiger partial charge in [-0.25, -0.2) is 0 Å². The van der Waals surface area contributed by atoms with E-state index in [1.165, 1.54) is 0 Å². The Kier molecular flexibility index (Phi) is 5.32. The molecule has 1 aromatic carbocycles. The van der Waals surface area contributed by atoms with Crippen LogP contribution in [0.15, 0.2) is 24.3 Å². The maximum Gasteiger partial charge on any atom is 0.253 e. The zero-order valence-electron chi connectivity index (χ0n) is 10.8. The number of rotatable bonds is 3. The summed E-state index contributed by atoms with van der Waals surface area (Å²) >= 11 is 0. The highest BCUT2D eigenvalue weighted by molar-refractivity contribution is 5.99. The molecule has 5 nitrogen and oxygen atoms in total. The number of carbonyl (C=O) groups is 2. The van der Waals surface area contributed by atoms with E-state index in [1.54, 1.807) is 36.2 Å². The summed E-state index contributed by atoms with van der Waals surface area (Å²) in [5.41, 5.74) is 6.07. The summed E-state index contributed by atoms with van der Waals surface area (Å²) in [4.78, 5) is 25.1. The summed E-state index contributed by atoms with van der Waals surface area (Å²) in [5, 5.41) is 3.22. The van der Waals surface area contributed by atoms with Crippen molar-refractivity contribution in [3.63, 3.8) is 0 Å². The van der Waals surface area contributed by atoms with E-state index in [1.807, 2.05) is 0 Å². The standard InChI is InChI=1S/C13H17N3O2.ClH/c1-16(11-5-6-15-8-11)13(18)10-4-2-3-9(7-10)12(14)17;/h2-4,7,11,15H,5-6,8H2,1H3,(H2,14,17);1H. The van der Waals surface area contributed by atoms with E-state index in [9.17, 15) is 9.59 Å². The van der Waals surface area contributed by atoms with Gasteiger partial charge in [0.2, 0.25) is 5.91 Å². The Labute approximate surface area is 118 Å². The van der Waals surface area contributed by atoms with Crippen molar-refractivity contribution < 1.29 is 9.59 Å². The molecule has 1 aromatic rings. The van der Waals surface area contributed by atoms with Gasteiger partial charge >= 0.3 is 0 Å². The van der Waals surface area contributed by atoms with Crippen molar-refractivity contribution in [2.45, 2.75) is 12.5 Å². The Balaban J connectivity index is 0.00000180. The fraction of sp³-hybridized carbons (Fsp3) is 0.385. The molecule has 0 radical (unpaired) electrons. The smallest absolute Gasteiger partial charge is 0.253 e. The van der Waals surface area contributed by atoms with Gasteiger partial charge in [0.15, 0.2) is 0 Å². The summed E-state index contributed by atoms with van der Waals surface area (Å²) < 4.78 is 0. The molecule has 1 aliphatic heterocycles. The minimum absolute atomic E-state index is 0. The second-order valence-electron chi connectivity index (χ2n) is 4.51. The molecule has 6 heteroatoms. The molecule has 0 bridgehead atoms. The molecule has 1 saturated heterocycles. The van der Waals surface area contributed by atoms with Crippen LogP contribution in [-0.4, -0.2) is 42.9 Å². The summed E-state index contributed by atoms with van der Waals surface area (Å²) in [6, 6.07) is 6.75. The number of benzene rings is 1. The van der Waals surface area contributed by atoms with E-state index in [0.29, 0.717) is 11.1 Å². The van der Waals surface area contributed by atoms with E-state index in [2.05, 4.69) is 5.32 Å². The predicted octanol–water partition coefficient (Wildman–Crippen LogP) is 0.641. The maximum atomic E-state index is 12.3. The van der Waals surface area contributed by atoms with Crippen LogP contribution >= 0.6 is 12.4 Å². The van der Waals surface area contributed by atoms with Crippen LogP contribution in [0.1, 0.15) is 27.1 Å². The van der Waals surface area contributed by atoms with Crippen LogP contribution in [0.3, 0.4) is 0 Å². The maximum absolute atomic E-state index is 12.3. The molecule has 0 saturated carbocycles. The SMILES string of the molecule is CN(C(=O)c1cccc(C(N)=O)c1)C1CCNC1.Cl. The van der Waals surface area contributed by atoms with Crippen LogP contribution in [0.4, 0.5) is 0 Å². The molecule has 0 aliphatic carbocycles. The van der Waals surface area contributed by atoms with Crippen LogP contribution < -0.4 is 11.1 Å². The van der Waals surface area contributed by atoms with Crippen molar-refractivity contribution in [1.82, 2.24) is 10.2 Å². The van der Waals surface area contributed by atoms with Crippen molar-refractivity contribution >= 4 is 24.2 Å².